The zero-order valence-electron chi connectivity index (χ0n) is 19.9. The molecule has 1 fully saturated rings. The minimum absolute atomic E-state index is 0.0117. The lowest BCUT2D eigenvalue weighted by Crippen LogP contribution is -2.38. The van der Waals surface area contributed by atoms with E-state index in [0.29, 0.717) is 5.75 Å². The van der Waals surface area contributed by atoms with E-state index in [2.05, 4.69) is 11.8 Å². The molecule has 1 atom stereocenters. The van der Waals surface area contributed by atoms with E-state index in [1.807, 2.05) is 0 Å². The second-order valence-electron chi connectivity index (χ2n) is 8.67. The van der Waals surface area contributed by atoms with Gasteiger partial charge in [0.05, 0.1) is 30.7 Å². The summed E-state index contributed by atoms with van der Waals surface area (Å²) in [4.78, 5) is 15.6. The van der Waals surface area contributed by atoms with Crippen LogP contribution in [0.3, 0.4) is 0 Å². The number of fused-ring (bicyclic) bond motifs is 1. The quantitative estimate of drug-likeness (QED) is 0.458. The Morgan fingerprint density at radius 3 is 2.51 bits per heavy atom. The first-order valence-corrected chi connectivity index (χ1v) is 11.5. The number of phenols is 1. The topological polar surface area (TPSA) is 72.1 Å². The van der Waals surface area contributed by atoms with Crippen LogP contribution in [0.4, 0.5) is 13.2 Å². The van der Waals surface area contributed by atoms with E-state index < -0.39 is 22.9 Å². The predicted octanol–water partition coefficient (Wildman–Crippen LogP) is 5.97. The zero-order chi connectivity index (χ0) is 25.3. The Labute approximate surface area is 200 Å². The van der Waals surface area contributed by atoms with Gasteiger partial charge in [0.1, 0.15) is 11.3 Å². The van der Waals surface area contributed by atoms with Crippen LogP contribution in [0.15, 0.2) is 39.5 Å². The van der Waals surface area contributed by atoms with Gasteiger partial charge in [-0.05, 0) is 55.6 Å². The molecule has 0 spiro atoms. The van der Waals surface area contributed by atoms with Crippen molar-refractivity contribution in [2.24, 2.45) is 0 Å². The maximum absolute atomic E-state index is 14.2. The van der Waals surface area contributed by atoms with Gasteiger partial charge in [-0.2, -0.15) is 13.2 Å². The molecule has 0 bridgehead atoms. The minimum Gasteiger partial charge on any atom is -0.507 e. The molecule has 9 heteroatoms. The normalized spacial score (nSPS) is 17.0. The molecule has 0 radical (unpaired) electrons. The van der Waals surface area contributed by atoms with Crippen molar-refractivity contribution in [2.45, 2.75) is 51.4 Å². The lowest BCUT2D eigenvalue weighted by Gasteiger charge is -2.35. The van der Waals surface area contributed by atoms with Crippen molar-refractivity contribution >= 4 is 11.0 Å². The van der Waals surface area contributed by atoms with E-state index in [9.17, 15) is 23.1 Å². The largest absolute Gasteiger partial charge is 0.507 e. The fraction of sp³-hybridized carbons (Fsp3) is 0.423. The number of benzene rings is 2. The molecule has 1 aliphatic rings. The van der Waals surface area contributed by atoms with Gasteiger partial charge < -0.3 is 19.0 Å². The van der Waals surface area contributed by atoms with Crippen molar-refractivity contribution in [3.8, 4) is 28.4 Å². The Balaban J connectivity index is 1.95. The van der Waals surface area contributed by atoms with E-state index >= 15 is 0 Å². The van der Waals surface area contributed by atoms with E-state index in [1.165, 1.54) is 44.6 Å². The number of piperidine rings is 1. The summed E-state index contributed by atoms with van der Waals surface area (Å²) in [5, 5.41) is 10.6. The van der Waals surface area contributed by atoms with Gasteiger partial charge in [0.2, 0.25) is 11.2 Å². The number of likely N-dealkylation sites (tertiary alicyclic amines) is 1. The lowest BCUT2D eigenvalue weighted by molar-refractivity contribution is -0.152. The second-order valence-corrected chi connectivity index (χ2v) is 8.67. The van der Waals surface area contributed by atoms with E-state index in [0.717, 1.165) is 32.2 Å². The molecule has 1 saturated heterocycles. The Bertz CT molecular complexity index is 1280. The van der Waals surface area contributed by atoms with Gasteiger partial charge >= 0.3 is 6.18 Å². The van der Waals surface area contributed by atoms with Gasteiger partial charge in [0.15, 0.2) is 11.5 Å². The highest BCUT2D eigenvalue weighted by Gasteiger charge is 2.40. The third kappa shape index (κ3) is 4.69. The van der Waals surface area contributed by atoms with Gasteiger partial charge in [0, 0.05) is 12.6 Å². The van der Waals surface area contributed by atoms with E-state index in [4.69, 9.17) is 13.9 Å². The molecule has 1 N–H and O–H groups in total. The summed E-state index contributed by atoms with van der Waals surface area (Å²) < 4.78 is 58.5. The first kappa shape index (κ1) is 24.9. The minimum atomic E-state index is -4.95. The van der Waals surface area contributed by atoms with Crippen molar-refractivity contribution in [3.63, 3.8) is 0 Å². The molecule has 6 nitrogen and oxygen atoms in total. The molecule has 0 amide bonds. The average Bonchev–Trinajstić information content (AvgIpc) is 2.84. The highest BCUT2D eigenvalue weighted by molar-refractivity contribution is 5.87. The van der Waals surface area contributed by atoms with Crippen molar-refractivity contribution in [1.29, 1.82) is 0 Å². The first-order chi connectivity index (χ1) is 16.7. The summed E-state index contributed by atoms with van der Waals surface area (Å²) in [5.74, 6) is -1.12. The number of halogens is 3. The Kier molecular flexibility index (Phi) is 6.98. The fourth-order valence-corrected chi connectivity index (χ4v) is 4.84. The van der Waals surface area contributed by atoms with Crippen molar-refractivity contribution < 1.29 is 32.2 Å². The van der Waals surface area contributed by atoms with Crippen LogP contribution in [0.1, 0.15) is 43.9 Å². The summed E-state index contributed by atoms with van der Waals surface area (Å²) in [7, 11) is 2.76. The van der Waals surface area contributed by atoms with E-state index in [1.54, 1.807) is 0 Å². The molecular weight excluding hydrogens is 463 g/mol. The molecule has 188 valence electrons. The van der Waals surface area contributed by atoms with Crippen LogP contribution >= 0.6 is 0 Å². The molecule has 1 aliphatic heterocycles. The zero-order valence-corrected chi connectivity index (χ0v) is 19.9. The lowest BCUT2D eigenvalue weighted by atomic mass is 9.97. The molecule has 0 aliphatic carbocycles. The summed E-state index contributed by atoms with van der Waals surface area (Å²) in [5.41, 5.74) is -1.52. The number of alkyl halides is 3. The van der Waals surface area contributed by atoms with Gasteiger partial charge in [-0.15, -0.1) is 0 Å². The number of aromatic hydroxyl groups is 1. The summed E-state index contributed by atoms with van der Waals surface area (Å²) in [6.45, 7) is 3.01. The Morgan fingerprint density at radius 1 is 1.11 bits per heavy atom. The second kappa shape index (κ2) is 9.81. The van der Waals surface area contributed by atoms with Gasteiger partial charge in [-0.25, -0.2) is 0 Å². The van der Waals surface area contributed by atoms with Gasteiger partial charge in [-0.1, -0.05) is 19.4 Å². The first-order valence-electron chi connectivity index (χ1n) is 11.5. The average molecular weight is 492 g/mol. The highest BCUT2D eigenvalue weighted by Crippen LogP contribution is 2.41. The summed E-state index contributed by atoms with van der Waals surface area (Å²) in [6.07, 6.45) is -1.05. The smallest absolute Gasteiger partial charge is 0.450 e. The van der Waals surface area contributed by atoms with Crippen molar-refractivity contribution in [3.05, 3.63) is 51.9 Å². The summed E-state index contributed by atoms with van der Waals surface area (Å²) in [6, 6.07) is 6.99. The maximum atomic E-state index is 14.2. The highest BCUT2D eigenvalue weighted by atomic mass is 19.4. The molecule has 2 heterocycles. The van der Waals surface area contributed by atoms with Gasteiger partial charge in [-0.3, -0.25) is 9.69 Å². The predicted molar refractivity (Wildman–Crippen MR) is 126 cm³/mol. The third-order valence-electron chi connectivity index (χ3n) is 6.65. The van der Waals surface area contributed by atoms with Crippen LogP contribution in [0.5, 0.6) is 17.2 Å². The number of ether oxygens (including phenoxy) is 2. The molecule has 4 rings (SSSR count). The number of phenolic OH excluding ortho intramolecular Hbond substituents is 1. The standard InChI is InChI=1S/C26H28F3NO5/c1-4-16-7-5-6-12-30(16)14-18-19(31)10-9-17-23(32)22(25(26(27,28)29)35-24(17)18)15-8-11-20(33-2)21(13-15)34-3/h8-11,13,16,31H,4-7,12,14H2,1-3H3/t16-/m0/s1. The molecule has 2 aromatic carbocycles. The number of nitrogens with zero attached hydrogens (tertiary/aromatic N) is 1. The SMILES string of the molecule is CC[C@H]1CCCCN1Cc1c(O)ccc2c(=O)c(-c3ccc(OC)c(OC)c3)c(C(F)(F)F)oc12. The van der Waals surface area contributed by atoms with Crippen LogP contribution < -0.4 is 14.9 Å². The van der Waals surface area contributed by atoms with Crippen LogP contribution in [-0.2, 0) is 12.7 Å². The Morgan fingerprint density at radius 2 is 1.86 bits per heavy atom. The molecular formula is C26H28F3NO5. The van der Waals surface area contributed by atoms with Crippen LogP contribution in [0.2, 0.25) is 0 Å². The molecule has 3 aromatic rings. The monoisotopic (exact) mass is 491 g/mol. The van der Waals surface area contributed by atoms with Crippen molar-refractivity contribution in [2.75, 3.05) is 20.8 Å². The maximum Gasteiger partial charge on any atom is 0.450 e. The molecule has 0 unspecified atom stereocenters. The fourth-order valence-electron chi connectivity index (χ4n) is 4.84. The molecule has 35 heavy (non-hydrogen) atoms. The number of rotatable bonds is 6. The third-order valence-corrected chi connectivity index (χ3v) is 6.65. The number of hydrogen-bond donors (Lipinski definition) is 1. The number of methoxy groups -OCH3 is 2. The number of hydrogen-bond acceptors (Lipinski definition) is 6. The van der Waals surface area contributed by atoms with Crippen molar-refractivity contribution in [1.82, 2.24) is 4.90 Å². The Hall–Kier alpha value is -3.20. The van der Waals surface area contributed by atoms with Crippen LogP contribution in [0.25, 0.3) is 22.1 Å². The van der Waals surface area contributed by atoms with E-state index in [-0.39, 0.29) is 46.2 Å². The van der Waals surface area contributed by atoms with Gasteiger partial charge in [0.25, 0.3) is 0 Å². The van der Waals surface area contributed by atoms with Crippen LogP contribution in [-0.4, -0.2) is 36.8 Å². The van der Waals surface area contributed by atoms with Crippen LogP contribution in [0, 0.1) is 0 Å². The molecule has 0 saturated carbocycles. The molecule has 1 aromatic heterocycles. The summed E-state index contributed by atoms with van der Waals surface area (Å²) >= 11 is 0.